The molecule has 0 radical (unpaired) electrons. The first kappa shape index (κ1) is 11.7. The Kier molecular flexibility index (Phi) is 3.77. The molecule has 0 spiro atoms. The third kappa shape index (κ3) is 3.07. The standard InChI is InChI=1S/C14H16N2O/c15-10-12-7-4-8-13(12)16-14(17)9-11-5-2-1-3-6-11/h1-3,5-6,12-13H,4,7-9H2,(H,16,17). The number of carbonyl (C=O) groups excluding carboxylic acids is 1. The van der Waals surface area contributed by atoms with E-state index in [0.29, 0.717) is 6.42 Å². The van der Waals surface area contributed by atoms with E-state index in [4.69, 9.17) is 5.26 Å². The van der Waals surface area contributed by atoms with E-state index in [2.05, 4.69) is 11.4 Å². The smallest absolute Gasteiger partial charge is 0.224 e. The number of amides is 1. The molecule has 2 unspecified atom stereocenters. The Morgan fingerprint density at radius 1 is 1.35 bits per heavy atom. The molecule has 2 atom stereocenters. The van der Waals surface area contributed by atoms with Gasteiger partial charge in [-0.1, -0.05) is 30.3 Å². The van der Waals surface area contributed by atoms with E-state index < -0.39 is 0 Å². The number of rotatable bonds is 3. The highest BCUT2D eigenvalue weighted by atomic mass is 16.1. The van der Waals surface area contributed by atoms with Gasteiger partial charge in [-0.3, -0.25) is 4.79 Å². The summed E-state index contributed by atoms with van der Waals surface area (Å²) in [6, 6.07) is 12.0. The molecule has 0 heterocycles. The first-order valence-corrected chi connectivity index (χ1v) is 6.02. The maximum absolute atomic E-state index is 11.8. The van der Waals surface area contributed by atoms with Gasteiger partial charge in [0, 0.05) is 6.04 Å². The van der Waals surface area contributed by atoms with Gasteiger partial charge in [-0.2, -0.15) is 5.26 Å². The van der Waals surface area contributed by atoms with Crippen molar-refractivity contribution >= 4 is 5.91 Å². The van der Waals surface area contributed by atoms with Crippen molar-refractivity contribution in [3.8, 4) is 6.07 Å². The topological polar surface area (TPSA) is 52.9 Å². The van der Waals surface area contributed by atoms with Gasteiger partial charge < -0.3 is 5.32 Å². The molecule has 17 heavy (non-hydrogen) atoms. The van der Waals surface area contributed by atoms with Gasteiger partial charge in [-0.05, 0) is 24.8 Å². The number of carbonyl (C=O) groups is 1. The summed E-state index contributed by atoms with van der Waals surface area (Å²) >= 11 is 0. The van der Waals surface area contributed by atoms with E-state index in [-0.39, 0.29) is 17.9 Å². The Bertz CT molecular complexity index is 422. The van der Waals surface area contributed by atoms with Crippen LogP contribution < -0.4 is 5.32 Å². The highest BCUT2D eigenvalue weighted by Crippen LogP contribution is 2.24. The first-order chi connectivity index (χ1) is 8.29. The van der Waals surface area contributed by atoms with Crippen molar-refractivity contribution in [3.05, 3.63) is 35.9 Å². The van der Waals surface area contributed by atoms with Crippen molar-refractivity contribution < 1.29 is 4.79 Å². The van der Waals surface area contributed by atoms with E-state index in [1.807, 2.05) is 30.3 Å². The summed E-state index contributed by atoms with van der Waals surface area (Å²) in [5.41, 5.74) is 1.01. The van der Waals surface area contributed by atoms with Gasteiger partial charge in [0.2, 0.25) is 5.91 Å². The molecule has 88 valence electrons. The van der Waals surface area contributed by atoms with Crippen LogP contribution in [0.3, 0.4) is 0 Å². The Labute approximate surface area is 101 Å². The minimum atomic E-state index is -0.00489. The van der Waals surface area contributed by atoms with Gasteiger partial charge in [0.05, 0.1) is 18.4 Å². The van der Waals surface area contributed by atoms with Gasteiger partial charge in [-0.15, -0.1) is 0 Å². The maximum atomic E-state index is 11.8. The molecule has 0 bridgehead atoms. The molecule has 1 fully saturated rings. The first-order valence-electron chi connectivity index (χ1n) is 6.02. The lowest BCUT2D eigenvalue weighted by atomic mass is 10.1. The maximum Gasteiger partial charge on any atom is 0.224 e. The molecular formula is C14H16N2O. The van der Waals surface area contributed by atoms with Crippen molar-refractivity contribution in [2.45, 2.75) is 31.7 Å². The second kappa shape index (κ2) is 5.49. The summed E-state index contributed by atoms with van der Waals surface area (Å²) in [7, 11) is 0. The third-order valence-corrected chi connectivity index (χ3v) is 3.24. The monoisotopic (exact) mass is 228 g/mol. The van der Waals surface area contributed by atoms with Crippen molar-refractivity contribution in [2.75, 3.05) is 0 Å². The van der Waals surface area contributed by atoms with Crippen LogP contribution in [-0.2, 0) is 11.2 Å². The summed E-state index contributed by atoms with van der Waals surface area (Å²) in [6.07, 6.45) is 3.27. The fourth-order valence-electron chi connectivity index (χ4n) is 2.33. The SMILES string of the molecule is N#CC1CCCC1NC(=O)Cc1ccccc1. The molecule has 2 rings (SSSR count). The van der Waals surface area contributed by atoms with Crippen molar-refractivity contribution in [1.29, 1.82) is 5.26 Å². The quantitative estimate of drug-likeness (QED) is 0.860. The summed E-state index contributed by atoms with van der Waals surface area (Å²) in [6.45, 7) is 0. The highest BCUT2D eigenvalue weighted by molar-refractivity contribution is 5.78. The minimum Gasteiger partial charge on any atom is -0.352 e. The molecule has 1 aromatic carbocycles. The Morgan fingerprint density at radius 3 is 2.82 bits per heavy atom. The van der Waals surface area contributed by atoms with Crippen LogP contribution in [-0.4, -0.2) is 11.9 Å². The second-order valence-electron chi connectivity index (χ2n) is 4.50. The molecule has 0 aromatic heterocycles. The van der Waals surface area contributed by atoms with Crippen molar-refractivity contribution in [2.24, 2.45) is 5.92 Å². The molecule has 3 nitrogen and oxygen atoms in total. The molecule has 1 aliphatic rings. The van der Waals surface area contributed by atoms with Crippen molar-refractivity contribution in [3.63, 3.8) is 0 Å². The lowest BCUT2D eigenvalue weighted by molar-refractivity contribution is -0.121. The predicted octanol–water partition coefficient (Wildman–Crippen LogP) is 2.04. The molecule has 3 heteroatoms. The van der Waals surface area contributed by atoms with Crippen molar-refractivity contribution in [1.82, 2.24) is 5.32 Å². The molecule has 1 N–H and O–H groups in total. The number of hydrogen-bond acceptors (Lipinski definition) is 2. The van der Waals surface area contributed by atoms with E-state index in [1.54, 1.807) is 0 Å². The summed E-state index contributed by atoms with van der Waals surface area (Å²) < 4.78 is 0. The molecule has 0 saturated heterocycles. The lowest BCUT2D eigenvalue weighted by Gasteiger charge is -2.15. The van der Waals surface area contributed by atoms with Crippen LogP contribution >= 0.6 is 0 Å². The van der Waals surface area contributed by atoms with Gasteiger partial charge in [0.15, 0.2) is 0 Å². The molecule has 1 amide bonds. The van der Waals surface area contributed by atoms with E-state index in [9.17, 15) is 4.79 Å². The van der Waals surface area contributed by atoms with Gasteiger partial charge in [0.1, 0.15) is 0 Å². The summed E-state index contributed by atoms with van der Waals surface area (Å²) in [4.78, 5) is 11.8. The van der Waals surface area contributed by atoms with Crippen LogP contribution in [0, 0.1) is 17.2 Å². The van der Waals surface area contributed by atoms with Crippen LogP contribution in [0.25, 0.3) is 0 Å². The number of nitrogens with one attached hydrogen (secondary N) is 1. The lowest BCUT2D eigenvalue weighted by Crippen LogP contribution is -2.37. The Balaban J connectivity index is 1.88. The number of nitriles is 1. The third-order valence-electron chi connectivity index (χ3n) is 3.24. The van der Waals surface area contributed by atoms with E-state index in [1.165, 1.54) is 0 Å². The summed E-state index contributed by atoms with van der Waals surface area (Å²) in [5, 5.41) is 11.9. The van der Waals surface area contributed by atoms with Crippen LogP contribution in [0.5, 0.6) is 0 Å². The largest absolute Gasteiger partial charge is 0.352 e. The average Bonchev–Trinajstić information content (AvgIpc) is 2.77. The Morgan fingerprint density at radius 2 is 2.12 bits per heavy atom. The zero-order valence-electron chi connectivity index (χ0n) is 9.73. The Hall–Kier alpha value is -1.82. The fourth-order valence-corrected chi connectivity index (χ4v) is 2.33. The fraction of sp³-hybridized carbons (Fsp3) is 0.429. The average molecular weight is 228 g/mol. The van der Waals surface area contributed by atoms with Gasteiger partial charge >= 0.3 is 0 Å². The summed E-state index contributed by atoms with van der Waals surface area (Å²) in [5.74, 6) is 0.0121. The highest BCUT2D eigenvalue weighted by Gasteiger charge is 2.28. The van der Waals surface area contributed by atoms with Gasteiger partial charge in [0.25, 0.3) is 0 Å². The van der Waals surface area contributed by atoms with Crippen LogP contribution in [0.1, 0.15) is 24.8 Å². The van der Waals surface area contributed by atoms with Crippen LogP contribution in [0.15, 0.2) is 30.3 Å². The van der Waals surface area contributed by atoms with Gasteiger partial charge in [-0.25, -0.2) is 0 Å². The normalized spacial score (nSPS) is 23.0. The minimum absolute atomic E-state index is 0.00489. The van der Waals surface area contributed by atoms with Crippen LogP contribution in [0.4, 0.5) is 0 Å². The molecule has 1 aliphatic carbocycles. The second-order valence-corrected chi connectivity index (χ2v) is 4.50. The number of nitrogens with zero attached hydrogens (tertiary/aromatic N) is 1. The van der Waals surface area contributed by atoms with Crippen LogP contribution in [0.2, 0.25) is 0 Å². The number of benzene rings is 1. The molecule has 0 aliphatic heterocycles. The molecule has 1 saturated carbocycles. The van der Waals surface area contributed by atoms with E-state index >= 15 is 0 Å². The van der Waals surface area contributed by atoms with E-state index in [0.717, 1.165) is 24.8 Å². The molecular weight excluding hydrogens is 212 g/mol. The predicted molar refractivity (Wildman–Crippen MR) is 65.0 cm³/mol. The molecule has 1 aromatic rings. The zero-order chi connectivity index (χ0) is 12.1. The number of hydrogen-bond donors (Lipinski definition) is 1. The zero-order valence-corrected chi connectivity index (χ0v) is 9.73.